The molecular formula is C20H17ClFN5O3S2. The predicted molar refractivity (Wildman–Crippen MR) is 122 cm³/mol. The average molecular weight is 494 g/mol. The van der Waals surface area contributed by atoms with E-state index in [4.69, 9.17) is 15.8 Å². The molecule has 32 heavy (non-hydrogen) atoms. The summed E-state index contributed by atoms with van der Waals surface area (Å²) in [6.45, 7) is 0.382. The van der Waals surface area contributed by atoms with Gasteiger partial charge in [-0.05, 0) is 36.6 Å². The highest BCUT2D eigenvalue weighted by Crippen LogP contribution is 2.45. The zero-order valence-electron chi connectivity index (χ0n) is 16.8. The van der Waals surface area contributed by atoms with Crippen molar-refractivity contribution in [2.75, 3.05) is 18.2 Å². The number of aryl methyl sites for hydroxylation is 1. The van der Waals surface area contributed by atoms with Crippen molar-refractivity contribution in [3.8, 4) is 10.4 Å². The maximum atomic E-state index is 13.5. The van der Waals surface area contributed by atoms with Crippen LogP contribution < -0.4 is 5.32 Å². The maximum absolute atomic E-state index is 13.5. The number of halogens is 2. The fourth-order valence-electron chi connectivity index (χ4n) is 3.83. The van der Waals surface area contributed by atoms with E-state index < -0.39 is 15.9 Å². The number of thiophene rings is 1. The summed E-state index contributed by atoms with van der Waals surface area (Å²) in [4.78, 5) is 10.8. The van der Waals surface area contributed by atoms with Crippen molar-refractivity contribution in [3.05, 3.63) is 52.8 Å². The van der Waals surface area contributed by atoms with Crippen LogP contribution in [0.5, 0.6) is 0 Å². The van der Waals surface area contributed by atoms with Gasteiger partial charge >= 0.3 is 0 Å². The summed E-state index contributed by atoms with van der Waals surface area (Å²) >= 11 is 7.47. The molecule has 8 nitrogen and oxygen atoms in total. The summed E-state index contributed by atoms with van der Waals surface area (Å²) in [6.07, 6.45) is 5.81. The minimum Gasteiger partial charge on any atom is -0.340 e. The summed E-state index contributed by atoms with van der Waals surface area (Å²) in [5, 5.41) is 8.63. The molecular weight excluding hydrogens is 477 g/mol. The van der Waals surface area contributed by atoms with Crippen LogP contribution >= 0.6 is 22.9 Å². The molecule has 0 atom stereocenters. The van der Waals surface area contributed by atoms with Crippen molar-refractivity contribution in [2.45, 2.75) is 19.4 Å². The number of benzene rings is 1. The molecule has 0 fully saturated rings. The lowest BCUT2D eigenvalue weighted by Gasteiger charge is -2.16. The van der Waals surface area contributed by atoms with Crippen LogP contribution in [0.1, 0.15) is 11.3 Å². The minimum absolute atomic E-state index is 0.0320. The molecule has 0 unspecified atom stereocenters. The van der Waals surface area contributed by atoms with E-state index >= 15 is 0 Å². The van der Waals surface area contributed by atoms with E-state index in [9.17, 15) is 12.8 Å². The number of aromatic nitrogens is 4. The monoisotopic (exact) mass is 493 g/mol. The highest BCUT2D eigenvalue weighted by Gasteiger charge is 2.27. The molecule has 0 bridgehead atoms. The van der Waals surface area contributed by atoms with Crippen molar-refractivity contribution in [3.63, 3.8) is 0 Å². The van der Waals surface area contributed by atoms with Crippen LogP contribution in [0.4, 0.5) is 15.9 Å². The summed E-state index contributed by atoms with van der Waals surface area (Å²) in [5.74, 6) is 0.150. The lowest BCUT2D eigenvalue weighted by atomic mass is 9.95. The molecule has 3 aromatic heterocycles. The number of nitrogens with zero attached hydrogens (tertiary/aromatic N) is 4. The Morgan fingerprint density at radius 1 is 1.31 bits per heavy atom. The SMILES string of the molecule is CS(=O)(=O)OCCn1ncc2c1CCc1c-2sc2ncnc(Nc3ccc(F)c(Cl)c3)c12. The standard InChI is InChI=1S/C20H17ClFN5O3S2/c1-32(28,29)30-7-6-27-16-5-3-12-17-19(26-11-2-4-15(22)14(21)8-11)23-10-24-20(17)31-18(12)13(16)9-25-27/h2,4,8-10H,3,5-7H2,1H3,(H,23,24,26). The van der Waals surface area contributed by atoms with Crippen molar-refractivity contribution in [2.24, 2.45) is 0 Å². The second-order valence-corrected chi connectivity index (χ2v) is 10.4. The van der Waals surface area contributed by atoms with Gasteiger partial charge in [-0.1, -0.05) is 11.6 Å². The van der Waals surface area contributed by atoms with E-state index in [0.29, 0.717) is 18.1 Å². The molecule has 5 rings (SSSR count). The van der Waals surface area contributed by atoms with Gasteiger partial charge in [-0.15, -0.1) is 11.3 Å². The fraction of sp³-hybridized carbons (Fsp3) is 0.250. The molecule has 1 aromatic carbocycles. The van der Waals surface area contributed by atoms with E-state index in [1.807, 2.05) is 0 Å². The molecule has 0 saturated carbocycles. The van der Waals surface area contributed by atoms with Crippen molar-refractivity contribution in [1.82, 2.24) is 19.7 Å². The quantitative estimate of drug-likeness (QED) is 0.402. The Morgan fingerprint density at radius 2 is 2.16 bits per heavy atom. The maximum Gasteiger partial charge on any atom is 0.264 e. The first kappa shape index (κ1) is 21.3. The van der Waals surface area contributed by atoms with Gasteiger partial charge in [0.1, 0.15) is 22.8 Å². The first-order chi connectivity index (χ1) is 15.3. The average Bonchev–Trinajstić information content (AvgIpc) is 3.31. The number of rotatable bonds is 6. The van der Waals surface area contributed by atoms with Crippen LogP contribution in [-0.4, -0.2) is 41.0 Å². The Hall–Kier alpha value is -2.60. The molecule has 0 spiro atoms. The lowest BCUT2D eigenvalue weighted by Crippen LogP contribution is -2.15. The topological polar surface area (TPSA) is 99.0 Å². The summed E-state index contributed by atoms with van der Waals surface area (Å²) < 4.78 is 42.6. The van der Waals surface area contributed by atoms with Crippen molar-refractivity contribution in [1.29, 1.82) is 0 Å². The molecule has 1 aliphatic rings. The largest absolute Gasteiger partial charge is 0.340 e. The normalized spacial score (nSPS) is 13.2. The van der Waals surface area contributed by atoms with Gasteiger partial charge in [0.25, 0.3) is 10.1 Å². The highest BCUT2D eigenvalue weighted by molar-refractivity contribution is 7.85. The van der Waals surface area contributed by atoms with Crippen LogP contribution in [0.15, 0.2) is 30.7 Å². The molecule has 166 valence electrons. The van der Waals surface area contributed by atoms with E-state index in [1.54, 1.807) is 28.3 Å². The van der Waals surface area contributed by atoms with Gasteiger partial charge in [-0.2, -0.15) is 13.5 Å². The van der Waals surface area contributed by atoms with E-state index in [0.717, 1.165) is 51.0 Å². The van der Waals surface area contributed by atoms with Gasteiger partial charge in [-0.25, -0.2) is 14.4 Å². The second kappa shape index (κ2) is 8.07. The fourth-order valence-corrected chi connectivity index (χ4v) is 5.61. The molecule has 12 heteroatoms. The Kier molecular flexibility index (Phi) is 5.36. The van der Waals surface area contributed by atoms with Crippen molar-refractivity contribution >= 4 is 54.8 Å². The Morgan fingerprint density at radius 3 is 2.94 bits per heavy atom. The first-order valence-corrected chi connectivity index (χ1v) is 12.7. The Labute approximate surface area is 192 Å². The van der Waals surface area contributed by atoms with E-state index in [1.165, 1.54) is 18.5 Å². The Balaban J connectivity index is 1.50. The third kappa shape index (κ3) is 3.96. The van der Waals surface area contributed by atoms with Gasteiger partial charge < -0.3 is 5.32 Å². The predicted octanol–water partition coefficient (Wildman–Crippen LogP) is 4.17. The smallest absolute Gasteiger partial charge is 0.264 e. The van der Waals surface area contributed by atoms with Gasteiger partial charge in [0.15, 0.2) is 0 Å². The molecule has 0 radical (unpaired) electrons. The molecule has 1 N–H and O–H groups in total. The Bertz CT molecular complexity index is 1450. The molecule has 1 aliphatic carbocycles. The molecule has 0 aliphatic heterocycles. The van der Waals surface area contributed by atoms with Gasteiger partial charge in [-0.3, -0.25) is 8.86 Å². The van der Waals surface area contributed by atoms with E-state index in [2.05, 4.69) is 20.4 Å². The highest BCUT2D eigenvalue weighted by atomic mass is 35.5. The van der Waals surface area contributed by atoms with E-state index in [-0.39, 0.29) is 11.6 Å². The van der Waals surface area contributed by atoms with Crippen molar-refractivity contribution < 1.29 is 17.0 Å². The van der Waals surface area contributed by atoms with Gasteiger partial charge in [0.2, 0.25) is 0 Å². The number of hydrogen-bond donors (Lipinski definition) is 1. The zero-order valence-corrected chi connectivity index (χ0v) is 19.2. The molecule has 0 saturated heterocycles. The van der Waals surface area contributed by atoms with Gasteiger partial charge in [0, 0.05) is 21.8 Å². The first-order valence-electron chi connectivity index (χ1n) is 9.68. The third-order valence-electron chi connectivity index (χ3n) is 5.18. The molecule has 0 amide bonds. The lowest BCUT2D eigenvalue weighted by molar-refractivity contribution is 0.295. The number of anilines is 2. The van der Waals surface area contributed by atoms with Crippen LogP contribution in [0, 0.1) is 5.82 Å². The number of nitrogens with one attached hydrogen (secondary N) is 1. The second-order valence-electron chi connectivity index (χ2n) is 7.32. The number of fused-ring (bicyclic) bond motifs is 5. The molecule has 3 heterocycles. The third-order valence-corrected chi connectivity index (χ3v) is 7.23. The summed E-state index contributed by atoms with van der Waals surface area (Å²) in [6, 6.07) is 4.43. The van der Waals surface area contributed by atoms with Crippen LogP contribution in [-0.2, 0) is 33.7 Å². The van der Waals surface area contributed by atoms with Crippen LogP contribution in [0.25, 0.3) is 20.7 Å². The van der Waals surface area contributed by atoms with Crippen LogP contribution in [0.2, 0.25) is 5.02 Å². The molecule has 4 aromatic rings. The summed E-state index contributed by atoms with van der Waals surface area (Å²) in [5.41, 5.74) is 3.80. The minimum atomic E-state index is -3.49. The number of hydrogen-bond acceptors (Lipinski definition) is 8. The zero-order chi connectivity index (χ0) is 22.5. The summed E-state index contributed by atoms with van der Waals surface area (Å²) in [7, 11) is -3.49. The van der Waals surface area contributed by atoms with Crippen LogP contribution in [0.3, 0.4) is 0 Å². The van der Waals surface area contributed by atoms with Gasteiger partial charge in [0.05, 0.1) is 36.0 Å².